The molecular formula is C19H20ClN5O2. The number of halogens is 1. The van der Waals surface area contributed by atoms with Gasteiger partial charge in [-0.1, -0.05) is 11.6 Å². The Morgan fingerprint density at radius 2 is 2.07 bits per heavy atom. The maximum atomic E-state index is 12.0. The van der Waals surface area contributed by atoms with Gasteiger partial charge in [-0.05, 0) is 31.5 Å². The third-order valence-electron chi connectivity index (χ3n) is 4.85. The summed E-state index contributed by atoms with van der Waals surface area (Å²) in [5.41, 5.74) is 3.48. The van der Waals surface area contributed by atoms with Gasteiger partial charge in [-0.3, -0.25) is 0 Å². The summed E-state index contributed by atoms with van der Waals surface area (Å²) >= 11 is 6.71. The number of benzene rings is 1. The first kappa shape index (κ1) is 17.6. The van der Waals surface area contributed by atoms with Crippen LogP contribution in [0.1, 0.15) is 22.5 Å². The number of hydrogen-bond donors (Lipinski definition) is 2. The normalized spacial score (nSPS) is 13.3. The number of nitrogens with one attached hydrogen (secondary N) is 1. The van der Waals surface area contributed by atoms with Gasteiger partial charge in [-0.25, -0.2) is 14.8 Å². The van der Waals surface area contributed by atoms with Crippen LogP contribution in [0.25, 0.3) is 22.2 Å². The number of aromatic nitrogens is 3. The molecule has 0 amide bonds. The Morgan fingerprint density at radius 3 is 2.74 bits per heavy atom. The largest absolute Gasteiger partial charge is 0.478 e. The lowest BCUT2D eigenvalue weighted by molar-refractivity contribution is 0.0698. The Kier molecular flexibility index (Phi) is 4.19. The number of carboxylic acids is 1. The van der Waals surface area contributed by atoms with Gasteiger partial charge in [0.2, 0.25) is 5.95 Å². The number of anilines is 2. The molecule has 0 aliphatic carbocycles. The zero-order chi connectivity index (χ0) is 19.3. The van der Waals surface area contributed by atoms with Crippen LogP contribution in [0.5, 0.6) is 0 Å². The van der Waals surface area contributed by atoms with Crippen molar-refractivity contribution in [2.24, 2.45) is 0 Å². The van der Waals surface area contributed by atoms with Crippen LogP contribution in [0.4, 0.5) is 11.8 Å². The minimum absolute atomic E-state index is 0.197. The summed E-state index contributed by atoms with van der Waals surface area (Å²) in [5.74, 6) is 0.492. The zero-order valence-corrected chi connectivity index (χ0v) is 16.1. The van der Waals surface area contributed by atoms with E-state index in [0.29, 0.717) is 34.1 Å². The highest BCUT2D eigenvalue weighted by molar-refractivity contribution is 6.38. The fourth-order valence-corrected chi connectivity index (χ4v) is 3.80. The Hall–Kier alpha value is -2.80. The second-order valence-corrected chi connectivity index (χ2v) is 7.23. The van der Waals surface area contributed by atoms with Gasteiger partial charge in [-0.2, -0.15) is 0 Å². The molecule has 1 aliphatic heterocycles. The monoisotopic (exact) mass is 385 g/mol. The van der Waals surface area contributed by atoms with Crippen molar-refractivity contribution >= 4 is 40.4 Å². The summed E-state index contributed by atoms with van der Waals surface area (Å²) < 4.78 is 1.90. The van der Waals surface area contributed by atoms with Crippen molar-refractivity contribution in [3.05, 3.63) is 34.5 Å². The lowest BCUT2D eigenvalue weighted by atomic mass is 10.00. The van der Waals surface area contributed by atoms with Crippen LogP contribution < -0.4 is 10.2 Å². The number of hydrogen-bond acceptors (Lipinski definition) is 5. The average molecular weight is 386 g/mol. The van der Waals surface area contributed by atoms with Crippen molar-refractivity contribution in [2.75, 3.05) is 30.9 Å². The molecule has 2 N–H and O–H groups in total. The molecule has 140 valence electrons. The second kappa shape index (κ2) is 6.42. The van der Waals surface area contributed by atoms with Crippen LogP contribution in [0, 0.1) is 6.92 Å². The van der Waals surface area contributed by atoms with Gasteiger partial charge < -0.3 is 19.9 Å². The van der Waals surface area contributed by atoms with Crippen molar-refractivity contribution in [2.45, 2.75) is 19.9 Å². The maximum absolute atomic E-state index is 12.0. The van der Waals surface area contributed by atoms with Crippen LogP contribution in [0.2, 0.25) is 5.02 Å². The minimum atomic E-state index is -0.998. The molecule has 4 rings (SSSR count). The van der Waals surface area contributed by atoms with Crippen LogP contribution in [-0.4, -0.2) is 46.3 Å². The smallest absolute Gasteiger partial charge is 0.337 e. The molecule has 8 heteroatoms. The van der Waals surface area contributed by atoms with E-state index >= 15 is 0 Å². The number of carboxylic acid groups (broad SMARTS) is 1. The molecule has 1 aromatic carbocycles. The van der Waals surface area contributed by atoms with E-state index in [0.717, 1.165) is 30.0 Å². The van der Waals surface area contributed by atoms with Gasteiger partial charge in [0, 0.05) is 44.0 Å². The Balaban J connectivity index is 2.00. The van der Waals surface area contributed by atoms with Crippen molar-refractivity contribution < 1.29 is 9.90 Å². The molecule has 0 spiro atoms. The van der Waals surface area contributed by atoms with E-state index in [1.165, 1.54) is 0 Å². The molecule has 0 unspecified atom stereocenters. The molecule has 0 fully saturated rings. The molecular weight excluding hydrogens is 366 g/mol. The van der Waals surface area contributed by atoms with Crippen molar-refractivity contribution in [1.82, 2.24) is 14.5 Å². The van der Waals surface area contributed by atoms with Gasteiger partial charge in [0.15, 0.2) is 0 Å². The predicted molar refractivity (Wildman–Crippen MR) is 107 cm³/mol. The molecule has 3 aromatic rings. The number of rotatable bonds is 3. The second-order valence-electron chi connectivity index (χ2n) is 6.85. The van der Waals surface area contributed by atoms with E-state index < -0.39 is 5.97 Å². The maximum Gasteiger partial charge on any atom is 0.337 e. The first-order valence-corrected chi connectivity index (χ1v) is 9.11. The molecule has 0 bridgehead atoms. The standard InChI is InChI=1S/C19H20ClN5O2/c1-10-11(5-6-14(22-10)24(2)3)12-9-13(18(26)27)17-16(15(12)20)23-19-21-7-4-8-25(17)19/h5-6,9H,4,7-8H2,1-3H3,(H,21,23)(H,26,27). The van der Waals surface area contributed by atoms with Gasteiger partial charge in [0.1, 0.15) is 11.3 Å². The summed E-state index contributed by atoms with van der Waals surface area (Å²) in [6, 6.07) is 5.45. The Bertz CT molecular complexity index is 1070. The molecule has 2 aromatic heterocycles. The predicted octanol–water partition coefficient (Wildman–Crippen LogP) is 3.64. The highest BCUT2D eigenvalue weighted by Gasteiger charge is 2.25. The average Bonchev–Trinajstić information content (AvgIpc) is 3.02. The van der Waals surface area contributed by atoms with E-state index in [-0.39, 0.29) is 5.56 Å². The van der Waals surface area contributed by atoms with Crippen LogP contribution in [0.15, 0.2) is 18.2 Å². The van der Waals surface area contributed by atoms with E-state index in [4.69, 9.17) is 11.6 Å². The first-order chi connectivity index (χ1) is 12.9. The van der Waals surface area contributed by atoms with Gasteiger partial charge in [0.25, 0.3) is 0 Å². The number of nitrogens with zero attached hydrogens (tertiary/aromatic N) is 4. The Labute approximate surface area is 161 Å². The lowest BCUT2D eigenvalue weighted by Gasteiger charge is -2.17. The molecule has 7 nitrogen and oxygen atoms in total. The SMILES string of the molecule is Cc1nc(N(C)C)ccc1-c1cc(C(=O)O)c2c(nc3n2CCCN3)c1Cl. The number of imidazole rings is 1. The highest BCUT2D eigenvalue weighted by atomic mass is 35.5. The van der Waals surface area contributed by atoms with Gasteiger partial charge in [0.05, 0.1) is 16.1 Å². The fourth-order valence-electron chi connectivity index (χ4n) is 3.51. The Morgan fingerprint density at radius 1 is 1.30 bits per heavy atom. The number of aromatic carboxylic acids is 1. The lowest BCUT2D eigenvalue weighted by Crippen LogP contribution is -2.17. The van der Waals surface area contributed by atoms with E-state index in [9.17, 15) is 9.90 Å². The van der Waals surface area contributed by atoms with Crippen LogP contribution in [0.3, 0.4) is 0 Å². The molecule has 0 saturated heterocycles. The molecule has 0 atom stereocenters. The number of carbonyl (C=O) groups is 1. The minimum Gasteiger partial charge on any atom is -0.478 e. The number of fused-ring (bicyclic) bond motifs is 3. The summed E-state index contributed by atoms with van der Waals surface area (Å²) in [6.07, 6.45) is 0.909. The first-order valence-electron chi connectivity index (χ1n) is 8.73. The van der Waals surface area contributed by atoms with E-state index in [1.54, 1.807) is 6.07 Å². The van der Waals surface area contributed by atoms with Crippen molar-refractivity contribution in [3.8, 4) is 11.1 Å². The van der Waals surface area contributed by atoms with Crippen LogP contribution >= 0.6 is 11.6 Å². The molecule has 1 aliphatic rings. The molecule has 3 heterocycles. The quantitative estimate of drug-likeness (QED) is 0.716. The van der Waals surface area contributed by atoms with Gasteiger partial charge >= 0.3 is 5.97 Å². The van der Waals surface area contributed by atoms with E-state index in [2.05, 4.69) is 15.3 Å². The van der Waals surface area contributed by atoms with Crippen molar-refractivity contribution in [1.29, 1.82) is 0 Å². The molecule has 27 heavy (non-hydrogen) atoms. The molecule has 0 saturated carbocycles. The molecule has 0 radical (unpaired) electrons. The zero-order valence-electron chi connectivity index (χ0n) is 15.4. The third kappa shape index (κ3) is 2.78. The van der Waals surface area contributed by atoms with E-state index in [1.807, 2.05) is 42.6 Å². The van der Waals surface area contributed by atoms with Crippen molar-refractivity contribution in [3.63, 3.8) is 0 Å². The summed E-state index contributed by atoms with van der Waals surface area (Å²) in [7, 11) is 3.84. The topological polar surface area (TPSA) is 83.3 Å². The highest BCUT2D eigenvalue weighted by Crippen LogP contribution is 2.39. The summed E-state index contributed by atoms with van der Waals surface area (Å²) in [4.78, 5) is 23.1. The summed E-state index contributed by atoms with van der Waals surface area (Å²) in [5, 5.41) is 13.5. The van der Waals surface area contributed by atoms with Gasteiger partial charge in [-0.15, -0.1) is 0 Å². The number of aryl methyl sites for hydroxylation is 2. The van der Waals surface area contributed by atoms with Crippen LogP contribution in [-0.2, 0) is 6.54 Å². The number of pyridine rings is 1. The summed E-state index contributed by atoms with van der Waals surface area (Å²) in [6.45, 7) is 3.42. The fraction of sp³-hybridized carbons (Fsp3) is 0.316. The third-order valence-corrected chi connectivity index (χ3v) is 5.23.